The highest BCUT2D eigenvalue weighted by Crippen LogP contribution is 2.28. The number of primary amides is 1. The maximum atomic E-state index is 12.0. The van der Waals surface area contributed by atoms with Gasteiger partial charge in [-0.2, -0.15) is 4.98 Å². The molecule has 1 atom stereocenters. The average Bonchev–Trinajstić information content (AvgIpc) is 3.20. The average molecular weight is 358 g/mol. The van der Waals surface area contributed by atoms with E-state index in [1.54, 1.807) is 23.1 Å². The predicted molar refractivity (Wildman–Crippen MR) is 91.3 cm³/mol. The molecule has 136 valence electrons. The van der Waals surface area contributed by atoms with Crippen LogP contribution in [0.5, 0.6) is 0 Å². The van der Waals surface area contributed by atoms with Crippen LogP contribution >= 0.6 is 0 Å². The summed E-state index contributed by atoms with van der Waals surface area (Å²) in [5, 5.41) is 8.73. The second-order valence-corrected chi connectivity index (χ2v) is 5.89. The molecule has 10 heteroatoms. The molecule has 2 heterocycles. The van der Waals surface area contributed by atoms with Crippen molar-refractivity contribution < 1.29 is 18.9 Å². The number of benzene rings is 1. The molecule has 3 rings (SSSR count). The first-order chi connectivity index (χ1) is 12.4. The van der Waals surface area contributed by atoms with E-state index in [9.17, 15) is 14.4 Å². The molecule has 0 saturated carbocycles. The molecule has 1 fully saturated rings. The van der Waals surface area contributed by atoms with Crippen LogP contribution < -0.4 is 21.3 Å². The van der Waals surface area contributed by atoms with Crippen LogP contribution in [0, 0.1) is 0 Å². The number of nitrogens with two attached hydrogens (primary N) is 1. The minimum Gasteiger partial charge on any atom is -0.361 e. The molecule has 0 bridgehead atoms. The van der Waals surface area contributed by atoms with E-state index in [-0.39, 0.29) is 30.2 Å². The van der Waals surface area contributed by atoms with Crippen molar-refractivity contribution in [2.45, 2.75) is 32.4 Å². The first kappa shape index (κ1) is 17.4. The van der Waals surface area contributed by atoms with Gasteiger partial charge < -0.3 is 25.8 Å². The summed E-state index contributed by atoms with van der Waals surface area (Å²) < 4.78 is 4.62. The quantitative estimate of drug-likeness (QED) is 0.727. The molecule has 0 radical (unpaired) electrons. The third-order valence-electron chi connectivity index (χ3n) is 3.95. The van der Waals surface area contributed by atoms with Crippen LogP contribution in [0.4, 0.5) is 16.2 Å². The lowest BCUT2D eigenvalue weighted by molar-refractivity contribution is -0.117. The number of amides is 4. The van der Waals surface area contributed by atoms with E-state index >= 15 is 0 Å². The van der Waals surface area contributed by atoms with Gasteiger partial charge in [-0.1, -0.05) is 11.2 Å². The number of carbonyl (C=O) groups is 3. The van der Waals surface area contributed by atoms with E-state index < -0.39 is 11.9 Å². The number of aromatic nitrogens is 2. The van der Waals surface area contributed by atoms with Gasteiger partial charge in [0, 0.05) is 23.8 Å². The second-order valence-electron chi connectivity index (χ2n) is 5.89. The maximum absolute atomic E-state index is 12.0. The molecule has 1 saturated heterocycles. The molecule has 0 spiro atoms. The van der Waals surface area contributed by atoms with Gasteiger partial charge in [-0.3, -0.25) is 9.59 Å². The Balaban J connectivity index is 1.59. The van der Waals surface area contributed by atoms with Crippen molar-refractivity contribution in [3.05, 3.63) is 36.0 Å². The molecule has 1 aromatic heterocycles. The second kappa shape index (κ2) is 7.21. The number of hydrogen-bond donors (Lipinski definition) is 3. The lowest BCUT2D eigenvalue weighted by atomic mass is 10.2. The normalized spacial score (nSPS) is 16.6. The Labute approximate surface area is 148 Å². The SMILES string of the molecule is C[C@@H]1CCC(=O)N1c1cccc(NC(=O)NCc2noc(C(N)=O)n2)c1. The summed E-state index contributed by atoms with van der Waals surface area (Å²) in [4.78, 5) is 40.3. The standard InChI is InChI=1S/C16H18N6O4/c1-9-5-6-13(23)22(9)11-4-2-3-10(7-11)19-16(25)18-8-12-20-15(14(17)24)26-21-12/h2-4,7,9H,5-6,8H2,1H3,(H2,17,24)(H2,18,19,25)/t9-/m1/s1. The number of nitrogens with one attached hydrogen (secondary N) is 2. The maximum Gasteiger partial charge on any atom is 0.319 e. The van der Waals surface area contributed by atoms with Gasteiger partial charge in [-0.25, -0.2) is 4.79 Å². The van der Waals surface area contributed by atoms with E-state index in [0.29, 0.717) is 12.1 Å². The summed E-state index contributed by atoms with van der Waals surface area (Å²) in [5.41, 5.74) is 6.29. The monoisotopic (exact) mass is 358 g/mol. The highest BCUT2D eigenvalue weighted by Gasteiger charge is 2.28. The minimum absolute atomic E-state index is 0.0377. The van der Waals surface area contributed by atoms with Crippen LogP contribution in [-0.4, -0.2) is 34.0 Å². The number of hydrogen-bond acceptors (Lipinski definition) is 6. The minimum atomic E-state index is -0.837. The number of anilines is 2. The largest absolute Gasteiger partial charge is 0.361 e. The smallest absolute Gasteiger partial charge is 0.319 e. The fourth-order valence-electron chi connectivity index (χ4n) is 2.72. The molecule has 1 aromatic carbocycles. The number of nitrogens with zero attached hydrogens (tertiary/aromatic N) is 3. The van der Waals surface area contributed by atoms with Crippen LogP contribution in [0.3, 0.4) is 0 Å². The highest BCUT2D eigenvalue weighted by molar-refractivity contribution is 5.97. The van der Waals surface area contributed by atoms with Gasteiger partial charge >= 0.3 is 17.8 Å². The van der Waals surface area contributed by atoms with Crippen LogP contribution in [-0.2, 0) is 11.3 Å². The van der Waals surface area contributed by atoms with Gasteiger partial charge in [0.25, 0.3) is 0 Å². The van der Waals surface area contributed by atoms with E-state index in [4.69, 9.17) is 5.73 Å². The zero-order valence-corrected chi connectivity index (χ0v) is 14.1. The Morgan fingerprint density at radius 1 is 1.42 bits per heavy atom. The van der Waals surface area contributed by atoms with Crippen LogP contribution in [0.2, 0.25) is 0 Å². The highest BCUT2D eigenvalue weighted by atomic mass is 16.5. The molecule has 4 N–H and O–H groups in total. The van der Waals surface area contributed by atoms with E-state index in [1.165, 1.54) is 0 Å². The van der Waals surface area contributed by atoms with E-state index in [0.717, 1.165) is 12.1 Å². The predicted octanol–water partition coefficient (Wildman–Crippen LogP) is 1.01. The molecule has 0 unspecified atom stereocenters. The first-order valence-electron chi connectivity index (χ1n) is 8.03. The summed E-state index contributed by atoms with van der Waals surface area (Å²) in [6.07, 6.45) is 1.34. The first-order valence-corrected chi connectivity index (χ1v) is 8.03. The molecular formula is C16H18N6O4. The van der Waals surface area contributed by atoms with Crippen LogP contribution in [0.25, 0.3) is 0 Å². The lowest BCUT2D eigenvalue weighted by Gasteiger charge is -2.22. The zero-order valence-electron chi connectivity index (χ0n) is 14.1. The molecule has 1 aliphatic rings. The van der Waals surface area contributed by atoms with Crippen LogP contribution in [0.15, 0.2) is 28.8 Å². The Kier molecular flexibility index (Phi) is 4.83. The van der Waals surface area contributed by atoms with Crippen molar-refractivity contribution in [2.24, 2.45) is 5.73 Å². The third-order valence-corrected chi connectivity index (χ3v) is 3.95. The Morgan fingerprint density at radius 2 is 2.23 bits per heavy atom. The topological polar surface area (TPSA) is 143 Å². The fourth-order valence-corrected chi connectivity index (χ4v) is 2.72. The number of urea groups is 1. The summed E-state index contributed by atoms with van der Waals surface area (Å²) in [7, 11) is 0. The fraction of sp³-hybridized carbons (Fsp3) is 0.312. The number of carbonyl (C=O) groups excluding carboxylic acids is 3. The van der Waals surface area contributed by atoms with E-state index in [1.807, 2.05) is 13.0 Å². The molecular weight excluding hydrogens is 340 g/mol. The lowest BCUT2D eigenvalue weighted by Crippen LogP contribution is -2.31. The Hall–Kier alpha value is -3.43. The molecule has 26 heavy (non-hydrogen) atoms. The summed E-state index contributed by atoms with van der Waals surface area (Å²) >= 11 is 0. The van der Waals surface area contributed by atoms with Crippen molar-refractivity contribution in [3.8, 4) is 0 Å². The van der Waals surface area contributed by atoms with Crippen molar-refractivity contribution in [2.75, 3.05) is 10.2 Å². The summed E-state index contributed by atoms with van der Waals surface area (Å²) in [6, 6.07) is 6.68. The van der Waals surface area contributed by atoms with E-state index in [2.05, 4.69) is 25.3 Å². The Bertz CT molecular complexity index is 849. The number of rotatable bonds is 5. The summed E-state index contributed by atoms with van der Waals surface area (Å²) in [6.45, 7) is 1.95. The van der Waals surface area contributed by atoms with Crippen molar-refractivity contribution in [3.63, 3.8) is 0 Å². The molecule has 0 aliphatic carbocycles. The molecule has 4 amide bonds. The Morgan fingerprint density at radius 3 is 2.88 bits per heavy atom. The van der Waals surface area contributed by atoms with Crippen molar-refractivity contribution >= 4 is 29.2 Å². The van der Waals surface area contributed by atoms with Gasteiger partial charge in [-0.15, -0.1) is 0 Å². The van der Waals surface area contributed by atoms with Gasteiger partial charge in [0.2, 0.25) is 5.91 Å². The molecule has 1 aliphatic heterocycles. The molecule has 2 aromatic rings. The van der Waals surface area contributed by atoms with Gasteiger partial charge in [0.15, 0.2) is 5.82 Å². The zero-order chi connectivity index (χ0) is 18.7. The van der Waals surface area contributed by atoms with Crippen molar-refractivity contribution in [1.82, 2.24) is 15.5 Å². The van der Waals surface area contributed by atoms with Crippen LogP contribution in [0.1, 0.15) is 36.3 Å². The van der Waals surface area contributed by atoms with Gasteiger partial charge in [0.05, 0.1) is 6.54 Å². The van der Waals surface area contributed by atoms with Gasteiger partial charge in [-0.05, 0) is 31.5 Å². The van der Waals surface area contributed by atoms with Gasteiger partial charge in [0.1, 0.15) is 0 Å². The van der Waals surface area contributed by atoms with Crippen molar-refractivity contribution in [1.29, 1.82) is 0 Å². The molecule has 10 nitrogen and oxygen atoms in total. The third kappa shape index (κ3) is 3.79. The summed E-state index contributed by atoms with van der Waals surface area (Å²) in [5.74, 6) is -0.962.